The van der Waals surface area contributed by atoms with Gasteiger partial charge in [-0.05, 0) is 38.1 Å². The highest BCUT2D eigenvalue weighted by molar-refractivity contribution is 7.09. The Hall–Kier alpha value is -1.39. The fourth-order valence-electron chi connectivity index (χ4n) is 2.14. The molecule has 1 heterocycles. The molecule has 108 valence electrons. The van der Waals surface area contributed by atoms with Crippen LogP contribution in [0.5, 0.6) is 5.75 Å². The third kappa shape index (κ3) is 4.05. The summed E-state index contributed by atoms with van der Waals surface area (Å²) in [6.45, 7) is 4.92. The van der Waals surface area contributed by atoms with Gasteiger partial charge in [0.05, 0.1) is 17.3 Å². The monoisotopic (exact) mass is 290 g/mol. The minimum Gasteiger partial charge on any atom is -0.494 e. The fourth-order valence-corrected chi connectivity index (χ4v) is 2.76. The maximum absolute atomic E-state index is 5.70. The number of rotatable bonds is 7. The van der Waals surface area contributed by atoms with Gasteiger partial charge in [0.1, 0.15) is 5.75 Å². The average molecular weight is 290 g/mol. The first-order chi connectivity index (χ1) is 9.72. The van der Waals surface area contributed by atoms with E-state index in [0.717, 1.165) is 35.9 Å². The van der Waals surface area contributed by atoms with Crippen molar-refractivity contribution in [3.63, 3.8) is 0 Å². The lowest BCUT2D eigenvalue weighted by atomic mass is 10.0. The molecule has 0 aliphatic carbocycles. The Morgan fingerprint density at radius 2 is 2.25 bits per heavy atom. The van der Waals surface area contributed by atoms with Crippen molar-refractivity contribution >= 4 is 11.3 Å². The first-order valence-electron chi connectivity index (χ1n) is 7.04. The Balaban J connectivity index is 2.10. The highest BCUT2D eigenvalue weighted by atomic mass is 32.1. The second-order valence-corrected chi connectivity index (χ2v) is 5.89. The van der Waals surface area contributed by atoms with Crippen molar-refractivity contribution in [2.24, 2.45) is 0 Å². The first kappa shape index (κ1) is 15.0. The van der Waals surface area contributed by atoms with Crippen molar-refractivity contribution in [1.82, 2.24) is 10.3 Å². The van der Waals surface area contributed by atoms with Crippen LogP contribution in [0, 0.1) is 6.92 Å². The van der Waals surface area contributed by atoms with Crippen LogP contribution >= 0.6 is 11.3 Å². The third-order valence-corrected chi connectivity index (χ3v) is 3.98. The molecule has 0 aliphatic rings. The normalized spacial score (nSPS) is 12.3. The quantitative estimate of drug-likeness (QED) is 0.843. The van der Waals surface area contributed by atoms with Crippen molar-refractivity contribution in [3.8, 4) is 5.75 Å². The largest absolute Gasteiger partial charge is 0.494 e. The van der Waals surface area contributed by atoms with Gasteiger partial charge in [0.2, 0.25) is 0 Å². The van der Waals surface area contributed by atoms with Crippen molar-refractivity contribution in [3.05, 3.63) is 45.9 Å². The van der Waals surface area contributed by atoms with E-state index < -0.39 is 0 Å². The molecule has 1 aromatic heterocycles. The summed E-state index contributed by atoms with van der Waals surface area (Å²) < 4.78 is 5.70. The zero-order valence-electron chi connectivity index (χ0n) is 12.3. The minimum atomic E-state index is 0.265. The molecule has 0 bridgehead atoms. The van der Waals surface area contributed by atoms with Gasteiger partial charge in [-0.15, -0.1) is 11.3 Å². The molecule has 20 heavy (non-hydrogen) atoms. The highest BCUT2D eigenvalue weighted by Gasteiger charge is 2.12. The fraction of sp³-hybridized carbons (Fsp3) is 0.438. The average Bonchev–Trinajstić information content (AvgIpc) is 2.88. The van der Waals surface area contributed by atoms with Crippen LogP contribution in [0.15, 0.2) is 29.6 Å². The SMILES string of the molecule is CCCOc1cccc(C(Cc2csc(C)n2)NC)c1. The summed E-state index contributed by atoms with van der Waals surface area (Å²) in [5.74, 6) is 0.944. The van der Waals surface area contributed by atoms with Gasteiger partial charge in [-0.3, -0.25) is 0 Å². The number of aromatic nitrogens is 1. The molecule has 1 atom stereocenters. The molecular formula is C16H22N2OS. The van der Waals surface area contributed by atoms with E-state index in [4.69, 9.17) is 4.74 Å². The number of hydrogen-bond donors (Lipinski definition) is 1. The van der Waals surface area contributed by atoms with Crippen LogP contribution in [0.2, 0.25) is 0 Å². The summed E-state index contributed by atoms with van der Waals surface area (Å²) in [5.41, 5.74) is 2.39. The number of nitrogens with zero attached hydrogens (tertiary/aromatic N) is 1. The Morgan fingerprint density at radius 3 is 2.90 bits per heavy atom. The van der Waals surface area contributed by atoms with Gasteiger partial charge in [-0.2, -0.15) is 0 Å². The third-order valence-electron chi connectivity index (χ3n) is 3.16. The summed E-state index contributed by atoms with van der Waals surface area (Å²) in [6, 6.07) is 8.59. The Morgan fingerprint density at radius 1 is 1.40 bits per heavy atom. The van der Waals surface area contributed by atoms with Gasteiger partial charge in [0.15, 0.2) is 0 Å². The summed E-state index contributed by atoms with van der Waals surface area (Å²) in [5, 5.41) is 6.62. The van der Waals surface area contributed by atoms with Gasteiger partial charge in [0.25, 0.3) is 0 Å². The van der Waals surface area contributed by atoms with Crippen LogP contribution in [0.25, 0.3) is 0 Å². The zero-order chi connectivity index (χ0) is 14.4. The molecule has 0 amide bonds. The van der Waals surface area contributed by atoms with E-state index in [1.165, 1.54) is 5.56 Å². The van der Waals surface area contributed by atoms with Crippen molar-refractivity contribution in [2.45, 2.75) is 32.7 Å². The molecule has 0 spiro atoms. The lowest BCUT2D eigenvalue weighted by molar-refractivity contribution is 0.316. The van der Waals surface area contributed by atoms with Gasteiger partial charge in [0, 0.05) is 17.8 Å². The number of thiazole rings is 1. The zero-order valence-corrected chi connectivity index (χ0v) is 13.2. The van der Waals surface area contributed by atoms with Gasteiger partial charge >= 0.3 is 0 Å². The Bertz CT molecular complexity index is 539. The molecule has 0 fully saturated rings. The van der Waals surface area contributed by atoms with Crippen LogP contribution in [0.1, 0.15) is 35.7 Å². The van der Waals surface area contributed by atoms with E-state index in [9.17, 15) is 0 Å². The lowest BCUT2D eigenvalue weighted by Gasteiger charge is -2.16. The molecule has 0 saturated carbocycles. The van der Waals surface area contributed by atoms with Crippen molar-refractivity contribution in [1.29, 1.82) is 0 Å². The summed E-state index contributed by atoms with van der Waals surface area (Å²) in [7, 11) is 1.99. The number of ether oxygens (including phenoxy) is 1. The molecule has 1 unspecified atom stereocenters. The second-order valence-electron chi connectivity index (χ2n) is 4.82. The van der Waals surface area contributed by atoms with E-state index in [1.54, 1.807) is 11.3 Å². The van der Waals surface area contributed by atoms with Crippen molar-refractivity contribution in [2.75, 3.05) is 13.7 Å². The molecule has 4 heteroatoms. The van der Waals surface area contributed by atoms with Gasteiger partial charge in [-0.1, -0.05) is 19.1 Å². The maximum atomic E-state index is 5.70. The van der Waals surface area contributed by atoms with Crippen LogP contribution in [0.3, 0.4) is 0 Å². The smallest absolute Gasteiger partial charge is 0.119 e. The van der Waals surface area contributed by atoms with Gasteiger partial charge in [-0.25, -0.2) is 4.98 Å². The number of hydrogen-bond acceptors (Lipinski definition) is 4. The first-order valence-corrected chi connectivity index (χ1v) is 7.92. The van der Waals surface area contributed by atoms with E-state index in [1.807, 2.05) is 20.0 Å². The van der Waals surface area contributed by atoms with Crippen LogP contribution in [-0.4, -0.2) is 18.6 Å². The Labute approximate surface area is 125 Å². The predicted molar refractivity (Wildman–Crippen MR) is 84.6 cm³/mol. The molecule has 2 aromatic rings. The Kier molecular flexibility index (Phi) is 5.56. The highest BCUT2D eigenvalue weighted by Crippen LogP contribution is 2.23. The number of benzene rings is 1. The number of likely N-dealkylation sites (N-methyl/N-ethyl adjacent to an activating group) is 1. The summed E-state index contributed by atoms with van der Waals surface area (Å²) in [4.78, 5) is 4.54. The number of nitrogens with one attached hydrogen (secondary N) is 1. The van der Waals surface area contributed by atoms with Crippen molar-refractivity contribution < 1.29 is 4.74 Å². The molecule has 2 rings (SSSR count). The summed E-state index contributed by atoms with van der Waals surface area (Å²) in [6.07, 6.45) is 1.93. The number of aryl methyl sites for hydroxylation is 1. The molecule has 1 aromatic carbocycles. The standard InChI is InChI=1S/C16H22N2OS/c1-4-8-19-15-7-5-6-13(9-15)16(17-3)10-14-11-20-12(2)18-14/h5-7,9,11,16-17H,4,8,10H2,1-3H3. The molecule has 0 aliphatic heterocycles. The maximum Gasteiger partial charge on any atom is 0.119 e. The predicted octanol–water partition coefficient (Wildman–Crippen LogP) is 3.74. The molecule has 0 radical (unpaired) electrons. The van der Waals surface area contributed by atoms with Crippen LogP contribution in [0.4, 0.5) is 0 Å². The molecule has 1 N–H and O–H groups in total. The van der Waals surface area contributed by atoms with Crippen LogP contribution in [-0.2, 0) is 6.42 Å². The molecular weight excluding hydrogens is 268 g/mol. The van der Waals surface area contributed by atoms with E-state index >= 15 is 0 Å². The van der Waals surface area contributed by atoms with E-state index in [2.05, 4.69) is 40.8 Å². The second kappa shape index (κ2) is 7.41. The van der Waals surface area contributed by atoms with Crippen LogP contribution < -0.4 is 10.1 Å². The molecule has 3 nitrogen and oxygen atoms in total. The minimum absolute atomic E-state index is 0.265. The van der Waals surface area contributed by atoms with E-state index in [-0.39, 0.29) is 6.04 Å². The van der Waals surface area contributed by atoms with Gasteiger partial charge < -0.3 is 10.1 Å². The molecule has 0 saturated heterocycles. The summed E-state index contributed by atoms with van der Waals surface area (Å²) >= 11 is 1.70. The topological polar surface area (TPSA) is 34.1 Å². The lowest BCUT2D eigenvalue weighted by Crippen LogP contribution is -2.19. The van der Waals surface area contributed by atoms with E-state index in [0.29, 0.717) is 0 Å².